The van der Waals surface area contributed by atoms with Crippen LogP contribution in [-0.4, -0.2) is 31.8 Å². The van der Waals surface area contributed by atoms with Gasteiger partial charge in [0.15, 0.2) is 11.5 Å². The summed E-state index contributed by atoms with van der Waals surface area (Å²) in [7, 11) is 2.96. The second kappa shape index (κ2) is 11.4. The maximum Gasteiger partial charge on any atom is 0.418 e. The second-order valence-electron chi connectivity index (χ2n) is 7.83. The largest absolute Gasteiger partial charge is 0.493 e. The highest BCUT2D eigenvalue weighted by Crippen LogP contribution is 2.36. The number of ether oxygens (including phenoxy) is 2. The first kappa shape index (κ1) is 27.6. The lowest BCUT2D eigenvalue weighted by Gasteiger charge is -2.23. The molecule has 1 heterocycles. The number of urea groups is 1. The van der Waals surface area contributed by atoms with Crippen LogP contribution in [0.25, 0.3) is 0 Å². The van der Waals surface area contributed by atoms with E-state index in [0.29, 0.717) is 17.9 Å². The van der Waals surface area contributed by atoms with Crippen LogP contribution in [0.1, 0.15) is 34.0 Å². The molecule has 0 spiro atoms. The van der Waals surface area contributed by atoms with Crippen LogP contribution in [0.5, 0.6) is 11.5 Å². The van der Waals surface area contributed by atoms with Crippen LogP contribution in [0.2, 0.25) is 0 Å². The predicted molar refractivity (Wildman–Crippen MR) is 122 cm³/mol. The first-order chi connectivity index (χ1) is 17.4. The minimum absolute atomic E-state index is 0.00718. The number of pyridine rings is 1. The minimum Gasteiger partial charge on any atom is -0.493 e. The van der Waals surface area contributed by atoms with Crippen molar-refractivity contribution in [1.29, 1.82) is 0 Å². The molecule has 0 aliphatic carbocycles. The fraction of sp³-hybridized carbons (Fsp3) is 0.280. The zero-order valence-corrected chi connectivity index (χ0v) is 19.7. The lowest BCUT2D eigenvalue weighted by atomic mass is 9.98. The van der Waals surface area contributed by atoms with E-state index in [0.717, 1.165) is 48.2 Å². The normalized spacial score (nSPS) is 12.5. The molecular weight excluding hydrogens is 504 g/mol. The molecule has 12 heteroatoms. The van der Waals surface area contributed by atoms with E-state index in [1.807, 2.05) is 0 Å². The average Bonchev–Trinajstić information content (AvgIpc) is 2.86. The lowest BCUT2D eigenvalue weighted by Crippen LogP contribution is -2.40. The van der Waals surface area contributed by atoms with Gasteiger partial charge in [0.1, 0.15) is 0 Å². The quantitative estimate of drug-likeness (QED) is 0.365. The Labute approximate surface area is 208 Å². The fourth-order valence-corrected chi connectivity index (χ4v) is 3.60. The number of rotatable bonds is 8. The monoisotopic (exact) mass is 527 g/mol. The van der Waals surface area contributed by atoms with Crippen molar-refractivity contribution >= 4 is 6.03 Å². The Balaban J connectivity index is 1.81. The number of nitrogens with one attached hydrogen (secondary N) is 2. The molecule has 0 unspecified atom stereocenters. The van der Waals surface area contributed by atoms with Crippen LogP contribution in [0, 0.1) is 0 Å². The first-order valence-electron chi connectivity index (χ1n) is 10.9. The van der Waals surface area contributed by atoms with Gasteiger partial charge in [-0.15, -0.1) is 0 Å². The van der Waals surface area contributed by atoms with Crippen molar-refractivity contribution < 1.29 is 40.6 Å². The third-order valence-electron chi connectivity index (χ3n) is 5.41. The summed E-state index contributed by atoms with van der Waals surface area (Å²) >= 11 is 0. The van der Waals surface area contributed by atoms with Crippen molar-refractivity contribution in [2.75, 3.05) is 20.8 Å². The molecule has 1 aromatic heterocycles. The van der Waals surface area contributed by atoms with Gasteiger partial charge in [-0.1, -0.05) is 18.2 Å². The van der Waals surface area contributed by atoms with E-state index in [2.05, 4.69) is 15.6 Å². The van der Waals surface area contributed by atoms with E-state index in [-0.39, 0.29) is 12.1 Å². The van der Waals surface area contributed by atoms with Crippen molar-refractivity contribution in [3.8, 4) is 11.5 Å². The van der Waals surface area contributed by atoms with Gasteiger partial charge in [0.25, 0.3) is 0 Å². The second-order valence-corrected chi connectivity index (χ2v) is 7.83. The number of methoxy groups -OCH3 is 2. The van der Waals surface area contributed by atoms with Gasteiger partial charge in [-0.3, -0.25) is 4.98 Å². The topological polar surface area (TPSA) is 72.5 Å². The Morgan fingerprint density at radius 3 is 2.19 bits per heavy atom. The van der Waals surface area contributed by atoms with Crippen LogP contribution >= 0.6 is 0 Å². The van der Waals surface area contributed by atoms with E-state index in [1.165, 1.54) is 14.2 Å². The summed E-state index contributed by atoms with van der Waals surface area (Å²) < 4.78 is 90.3. The van der Waals surface area contributed by atoms with Gasteiger partial charge in [-0.25, -0.2) is 4.79 Å². The Bertz CT molecular complexity index is 1210. The summed E-state index contributed by atoms with van der Waals surface area (Å²) in [4.78, 5) is 16.4. The van der Waals surface area contributed by atoms with Gasteiger partial charge >= 0.3 is 18.4 Å². The number of hydrogen-bond donors (Lipinski definition) is 2. The zero-order valence-electron chi connectivity index (χ0n) is 19.7. The van der Waals surface area contributed by atoms with Crippen LogP contribution in [0.3, 0.4) is 0 Å². The Morgan fingerprint density at radius 1 is 0.919 bits per heavy atom. The van der Waals surface area contributed by atoms with E-state index in [4.69, 9.17) is 9.47 Å². The summed E-state index contributed by atoms with van der Waals surface area (Å²) in [5, 5.41) is 4.96. The number of carbonyl (C=O) groups is 1. The highest BCUT2D eigenvalue weighted by Gasteiger charge is 2.37. The van der Waals surface area contributed by atoms with E-state index < -0.39 is 41.2 Å². The number of nitrogens with zero attached hydrogens (tertiary/aromatic N) is 1. The summed E-state index contributed by atoms with van der Waals surface area (Å²) in [6.45, 7) is 0.107. The molecule has 3 aromatic rings. The fourth-order valence-electron chi connectivity index (χ4n) is 3.60. The molecule has 0 aliphatic rings. The van der Waals surface area contributed by atoms with Gasteiger partial charge in [-0.05, 0) is 53.9 Å². The van der Waals surface area contributed by atoms with E-state index >= 15 is 0 Å². The van der Waals surface area contributed by atoms with Crippen molar-refractivity contribution in [1.82, 2.24) is 15.6 Å². The molecule has 1 atom stereocenters. The average molecular weight is 527 g/mol. The minimum atomic E-state index is -4.81. The molecule has 37 heavy (non-hydrogen) atoms. The van der Waals surface area contributed by atoms with Gasteiger partial charge in [0, 0.05) is 12.7 Å². The molecule has 0 saturated heterocycles. The van der Waals surface area contributed by atoms with Crippen LogP contribution in [-0.2, 0) is 18.8 Å². The number of halogens is 6. The Morgan fingerprint density at radius 2 is 1.59 bits per heavy atom. The van der Waals surface area contributed by atoms with Gasteiger partial charge in [0.05, 0.1) is 37.1 Å². The Hall–Kier alpha value is -3.96. The van der Waals surface area contributed by atoms with Crippen molar-refractivity contribution in [2.45, 2.75) is 24.8 Å². The zero-order chi connectivity index (χ0) is 27.2. The first-order valence-corrected chi connectivity index (χ1v) is 10.9. The number of hydrogen-bond acceptors (Lipinski definition) is 4. The molecule has 0 saturated carbocycles. The molecule has 0 bridgehead atoms. The molecule has 3 rings (SSSR count). The highest BCUT2D eigenvalue weighted by atomic mass is 19.4. The molecule has 6 nitrogen and oxygen atoms in total. The van der Waals surface area contributed by atoms with Crippen molar-refractivity contribution in [2.24, 2.45) is 0 Å². The number of benzene rings is 2. The van der Waals surface area contributed by atoms with Gasteiger partial charge in [-0.2, -0.15) is 26.3 Å². The standard InChI is InChI=1S/C25H23F6N3O3/c1-36-19-10-5-15(14-20(19)37-2)11-13-33-23(35)34-21(16-6-8-17(9-7-16)24(26,27)28)22-18(25(29,30)31)4-3-12-32-22/h3-10,12,14,21H,11,13H2,1-2H3,(H2,33,34,35)/t21-/m0/s1. The van der Waals surface area contributed by atoms with Crippen LogP contribution in [0.15, 0.2) is 60.8 Å². The van der Waals surface area contributed by atoms with Crippen LogP contribution < -0.4 is 20.1 Å². The molecule has 0 fully saturated rings. The predicted octanol–water partition coefficient (Wildman–Crippen LogP) is 5.77. The van der Waals surface area contributed by atoms with Crippen molar-refractivity contribution in [3.05, 3.63) is 88.7 Å². The maximum absolute atomic E-state index is 13.7. The number of alkyl halides is 6. The summed E-state index contributed by atoms with van der Waals surface area (Å²) in [6, 6.07) is 8.21. The van der Waals surface area contributed by atoms with Crippen molar-refractivity contribution in [3.63, 3.8) is 0 Å². The van der Waals surface area contributed by atoms with Crippen LogP contribution in [0.4, 0.5) is 31.1 Å². The molecule has 0 radical (unpaired) electrons. The van der Waals surface area contributed by atoms with E-state index in [9.17, 15) is 31.1 Å². The molecule has 198 valence electrons. The summed E-state index contributed by atoms with van der Waals surface area (Å²) in [6.07, 6.45) is -7.97. The molecule has 2 amide bonds. The smallest absolute Gasteiger partial charge is 0.418 e. The molecule has 2 N–H and O–H groups in total. The third kappa shape index (κ3) is 7.05. The maximum atomic E-state index is 13.7. The summed E-state index contributed by atoms with van der Waals surface area (Å²) in [5.41, 5.74) is -1.87. The number of carbonyl (C=O) groups excluding carboxylic acids is 1. The van der Waals surface area contributed by atoms with Gasteiger partial charge in [0.2, 0.25) is 0 Å². The number of amides is 2. The molecular formula is C25H23F6N3O3. The number of aromatic nitrogens is 1. The summed E-state index contributed by atoms with van der Waals surface area (Å²) in [5.74, 6) is 1.01. The lowest BCUT2D eigenvalue weighted by molar-refractivity contribution is -0.139. The van der Waals surface area contributed by atoms with E-state index in [1.54, 1.807) is 18.2 Å². The molecule has 2 aromatic carbocycles. The van der Waals surface area contributed by atoms with Gasteiger partial charge < -0.3 is 20.1 Å². The Kier molecular flexibility index (Phi) is 8.51. The third-order valence-corrected chi connectivity index (χ3v) is 5.41. The molecule has 0 aliphatic heterocycles. The highest BCUT2D eigenvalue weighted by molar-refractivity contribution is 5.75. The SMILES string of the molecule is COc1ccc(CCNC(=O)N[C@@H](c2ccc(C(F)(F)F)cc2)c2ncccc2C(F)(F)F)cc1OC.